The van der Waals surface area contributed by atoms with E-state index < -0.39 is 0 Å². The standard InChI is InChI=1S/C16H14BrN3/c17-14-3-1-2-13(8-14)15-10-19-16(20-15)12-6-4-11(9-18)5-7-12/h1-8,10H,9,18H2,(H,19,20). The second-order valence-electron chi connectivity index (χ2n) is 4.56. The molecule has 0 fully saturated rings. The molecule has 0 radical (unpaired) electrons. The first-order valence-corrected chi connectivity index (χ1v) is 7.16. The number of nitrogens with zero attached hydrogens (tertiary/aromatic N) is 1. The molecule has 4 heteroatoms. The Morgan fingerprint density at radius 1 is 1.05 bits per heavy atom. The Labute approximate surface area is 126 Å². The number of hydrogen-bond acceptors (Lipinski definition) is 2. The van der Waals surface area contributed by atoms with Gasteiger partial charge in [-0.05, 0) is 17.7 Å². The van der Waals surface area contributed by atoms with Crippen LogP contribution >= 0.6 is 15.9 Å². The van der Waals surface area contributed by atoms with Crippen molar-refractivity contribution in [1.82, 2.24) is 9.97 Å². The van der Waals surface area contributed by atoms with E-state index in [1.807, 2.05) is 42.6 Å². The van der Waals surface area contributed by atoms with Gasteiger partial charge in [-0.15, -0.1) is 0 Å². The molecule has 3 nitrogen and oxygen atoms in total. The fourth-order valence-electron chi connectivity index (χ4n) is 2.07. The van der Waals surface area contributed by atoms with Gasteiger partial charge in [0.1, 0.15) is 5.82 Å². The first-order valence-electron chi connectivity index (χ1n) is 6.36. The van der Waals surface area contributed by atoms with Gasteiger partial charge in [0.15, 0.2) is 0 Å². The molecular formula is C16H14BrN3. The first-order chi connectivity index (χ1) is 9.76. The summed E-state index contributed by atoms with van der Waals surface area (Å²) >= 11 is 3.48. The smallest absolute Gasteiger partial charge is 0.137 e. The maximum Gasteiger partial charge on any atom is 0.137 e. The van der Waals surface area contributed by atoms with E-state index in [0.29, 0.717) is 6.54 Å². The molecule has 1 aromatic heterocycles. The highest BCUT2D eigenvalue weighted by atomic mass is 79.9. The van der Waals surface area contributed by atoms with Gasteiger partial charge in [-0.25, -0.2) is 4.98 Å². The van der Waals surface area contributed by atoms with Gasteiger partial charge in [0.2, 0.25) is 0 Å². The van der Waals surface area contributed by atoms with E-state index in [1.165, 1.54) is 0 Å². The number of benzene rings is 2. The van der Waals surface area contributed by atoms with Crippen LogP contribution in [-0.2, 0) is 6.54 Å². The second-order valence-corrected chi connectivity index (χ2v) is 5.47. The summed E-state index contributed by atoms with van der Waals surface area (Å²) in [5.41, 5.74) is 9.89. The molecule has 3 rings (SSSR count). The topological polar surface area (TPSA) is 54.7 Å². The van der Waals surface area contributed by atoms with Crippen LogP contribution in [0.2, 0.25) is 0 Å². The van der Waals surface area contributed by atoms with E-state index in [4.69, 9.17) is 5.73 Å². The van der Waals surface area contributed by atoms with Crippen LogP contribution in [0.25, 0.3) is 22.6 Å². The number of hydrogen-bond donors (Lipinski definition) is 2. The molecule has 0 aliphatic heterocycles. The van der Waals surface area contributed by atoms with Crippen molar-refractivity contribution < 1.29 is 0 Å². The predicted octanol–water partition coefficient (Wildman–Crippen LogP) is 3.96. The monoisotopic (exact) mass is 327 g/mol. The van der Waals surface area contributed by atoms with Crippen molar-refractivity contribution >= 4 is 15.9 Å². The summed E-state index contributed by atoms with van der Waals surface area (Å²) in [5.74, 6) is 0.864. The quantitative estimate of drug-likeness (QED) is 0.764. The number of halogens is 1. The van der Waals surface area contributed by atoms with Crippen LogP contribution in [0.5, 0.6) is 0 Å². The van der Waals surface area contributed by atoms with Crippen LogP contribution in [0.4, 0.5) is 0 Å². The Bertz CT molecular complexity index is 717. The average Bonchev–Trinajstić information content (AvgIpc) is 2.97. The van der Waals surface area contributed by atoms with Gasteiger partial charge in [0, 0.05) is 22.1 Å². The summed E-state index contributed by atoms with van der Waals surface area (Å²) in [6, 6.07) is 16.3. The van der Waals surface area contributed by atoms with Gasteiger partial charge < -0.3 is 10.7 Å². The molecule has 0 spiro atoms. The van der Waals surface area contributed by atoms with Crippen molar-refractivity contribution in [2.75, 3.05) is 0 Å². The third kappa shape index (κ3) is 2.66. The van der Waals surface area contributed by atoms with E-state index in [-0.39, 0.29) is 0 Å². The third-order valence-corrected chi connectivity index (χ3v) is 3.67. The molecule has 0 aliphatic rings. The molecule has 0 saturated carbocycles. The zero-order valence-electron chi connectivity index (χ0n) is 10.8. The predicted molar refractivity (Wildman–Crippen MR) is 85.1 cm³/mol. The number of nitrogens with one attached hydrogen (secondary N) is 1. The minimum absolute atomic E-state index is 0.557. The van der Waals surface area contributed by atoms with Crippen molar-refractivity contribution in [2.45, 2.75) is 6.54 Å². The van der Waals surface area contributed by atoms with E-state index in [1.54, 1.807) is 0 Å². The Kier molecular flexibility index (Phi) is 3.67. The van der Waals surface area contributed by atoms with E-state index in [9.17, 15) is 0 Å². The zero-order chi connectivity index (χ0) is 13.9. The summed E-state index contributed by atoms with van der Waals surface area (Å²) < 4.78 is 1.05. The molecule has 0 atom stereocenters. The lowest BCUT2D eigenvalue weighted by Gasteiger charge is -2.00. The van der Waals surface area contributed by atoms with Crippen LogP contribution < -0.4 is 5.73 Å². The lowest BCUT2D eigenvalue weighted by atomic mass is 10.1. The molecule has 3 N–H and O–H groups in total. The lowest BCUT2D eigenvalue weighted by molar-refractivity contribution is 1.07. The van der Waals surface area contributed by atoms with E-state index >= 15 is 0 Å². The minimum Gasteiger partial charge on any atom is -0.338 e. The molecule has 2 aromatic carbocycles. The summed E-state index contributed by atoms with van der Waals surface area (Å²) in [6.45, 7) is 0.557. The molecule has 100 valence electrons. The minimum atomic E-state index is 0.557. The molecule has 20 heavy (non-hydrogen) atoms. The van der Waals surface area contributed by atoms with Crippen LogP contribution in [0, 0.1) is 0 Å². The highest BCUT2D eigenvalue weighted by Gasteiger charge is 2.05. The number of imidazole rings is 1. The number of aromatic amines is 1. The van der Waals surface area contributed by atoms with Crippen molar-refractivity contribution in [2.24, 2.45) is 5.73 Å². The maximum atomic E-state index is 5.60. The lowest BCUT2D eigenvalue weighted by Crippen LogP contribution is -1.95. The number of H-pyrrole nitrogens is 1. The number of aromatic nitrogens is 2. The normalized spacial score (nSPS) is 10.7. The highest BCUT2D eigenvalue weighted by Crippen LogP contribution is 2.24. The number of nitrogens with two attached hydrogens (primary N) is 1. The summed E-state index contributed by atoms with van der Waals surface area (Å²) in [7, 11) is 0. The van der Waals surface area contributed by atoms with Gasteiger partial charge >= 0.3 is 0 Å². The van der Waals surface area contributed by atoms with Crippen molar-refractivity contribution in [3.8, 4) is 22.6 Å². The van der Waals surface area contributed by atoms with E-state index in [0.717, 1.165) is 32.7 Å². The van der Waals surface area contributed by atoms with Gasteiger partial charge in [-0.3, -0.25) is 0 Å². The zero-order valence-corrected chi connectivity index (χ0v) is 12.4. The fourth-order valence-corrected chi connectivity index (χ4v) is 2.47. The van der Waals surface area contributed by atoms with Crippen LogP contribution in [0.1, 0.15) is 5.56 Å². The molecule has 0 unspecified atom stereocenters. The molecular weight excluding hydrogens is 314 g/mol. The third-order valence-electron chi connectivity index (χ3n) is 3.17. The molecule has 0 aliphatic carbocycles. The fraction of sp³-hybridized carbons (Fsp3) is 0.0625. The Hall–Kier alpha value is -1.91. The summed E-state index contributed by atoms with van der Waals surface area (Å²) in [5, 5.41) is 0. The van der Waals surface area contributed by atoms with Gasteiger partial charge in [-0.1, -0.05) is 52.3 Å². The molecule has 0 saturated heterocycles. The Morgan fingerprint density at radius 2 is 1.85 bits per heavy atom. The second kappa shape index (κ2) is 5.61. The molecule has 0 amide bonds. The highest BCUT2D eigenvalue weighted by molar-refractivity contribution is 9.10. The van der Waals surface area contributed by atoms with Crippen molar-refractivity contribution in [3.05, 3.63) is 64.8 Å². The first kappa shape index (κ1) is 13.1. The Balaban J connectivity index is 1.93. The largest absolute Gasteiger partial charge is 0.338 e. The van der Waals surface area contributed by atoms with Gasteiger partial charge in [0.25, 0.3) is 0 Å². The molecule has 0 bridgehead atoms. The molecule has 1 heterocycles. The van der Waals surface area contributed by atoms with Crippen molar-refractivity contribution in [1.29, 1.82) is 0 Å². The summed E-state index contributed by atoms with van der Waals surface area (Å²) in [6.07, 6.45) is 1.86. The van der Waals surface area contributed by atoms with Crippen LogP contribution in [0.3, 0.4) is 0 Å². The Morgan fingerprint density at radius 3 is 2.55 bits per heavy atom. The van der Waals surface area contributed by atoms with Gasteiger partial charge in [0.05, 0.1) is 11.9 Å². The van der Waals surface area contributed by atoms with E-state index in [2.05, 4.69) is 38.0 Å². The average molecular weight is 328 g/mol. The SMILES string of the molecule is NCc1ccc(-c2ncc(-c3cccc(Br)c3)[nH]2)cc1. The molecule has 3 aromatic rings. The van der Waals surface area contributed by atoms with Crippen LogP contribution in [0.15, 0.2) is 59.2 Å². The number of rotatable bonds is 3. The van der Waals surface area contributed by atoms with Crippen molar-refractivity contribution in [3.63, 3.8) is 0 Å². The van der Waals surface area contributed by atoms with Crippen LogP contribution in [-0.4, -0.2) is 9.97 Å². The maximum absolute atomic E-state index is 5.60. The summed E-state index contributed by atoms with van der Waals surface area (Å²) in [4.78, 5) is 7.79. The van der Waals surface area contributed by atoms with Gasteiger partial charge in [-0.2, -0.15) is 0 Å².